The van der Waals surface area contributed by atoms with Crippen LogP contribution in [0.3, 0.4) is 0 Å². The lowest BCUT2D eigenvalue weighted by molar-refractivity contribution is -0.185. The fourth-order valence-corrected chi connectivity index (χ4v) is 6.42. The minimum Gasteiger partial charge on any atom is -0.465 e. The number of piperidine rings is 1. The van der Waals surface area contributed by atoms with Crippen LogP contribution in [-0.2, 0) is 28.6 Å². The van der Waals surface area contributed by atoms with Crippen LogP contribution in [0, 0.1) is 17.8 Å². The summed E-state index contributed by atoms with van der Waals surface area (Å²) in [5.74, 6) is -1.95. The second kappa shape index (κ2) is 14.8. The number of carbonyl (C=O) groups excluding carboxylic acids is 3. The molecule has 0 spiro atoms. The molecule has 39 heavy (non-hydrogen) atoms. The first-order chi connectivity index (χ1) is 18.8. The van der Waals surface area contributed by atoms with Gasteiger partial charge in [-0.3, -0.25) is 14.4 Å². The number of carbonyl (C=O) groups is 3. The zero-order valence-electron chi connectivity index (χ0n) is 24.6. The number of aryl methyl sites for hydroxylation is 1. The van der Waals surface area contributed by atoms with Crippen LogP contribution in [0.15, 0.2) is 24.3 Å². The Kier molecular flexibility index (Phi) is 11.8. The normalized spacial score (nSPS) is 18.4. The van der Waals surface area contributed by atoms with Crippen LogP contribution in [0.2, 0.25) is 0 Å². The van der Waals surface area contributed by atoms with Crippen LogP contribution < -0.4 is 0 Å². The molecule has 0 aromatic heterocycles. The number of benzene rings is 1. The molecule has 0 atom stereocenters. The number of rotatable bonds is 13. The Morgan fingerprint density at radius 1 is 0.821 bits per heavy atom. The Balaban J connectivity index is 1.71. The van der Waals surface area contributed by atoms with Crippen molar-refractivity contribution in [3.63, 3.8) is 0 Å². The van der Waals surface area contributed by atoms with Crippen molar-refractivity contribution in [1.82, 2.24) is 4.90 Å². The minimum absolute atomic E-state index is 0.0250. The number of likely N-dealkylation sites (tertiary alicyclic amines) is 1. The highest BCUT2D eigenvalue weighted by Crippen LogP contribution is 2.46. The van der Waals surface area contributed by atoms with E-state index in [0.717, 1.165) is 64.6 Å². The first-order valence-corrected chi connectivity index (χ1v) is 15.1. The number of hydrogen-bond acceptors (Lipinski definition) is 7. The van der Waals surface area contributed by atoms with E-state index in [-0.39, 0.29) is 31.7 Å². The number of hydrogen-bond donors (Lipinski definition) is 0. The molecule has 1 aromatic rings. The topological polar surface area (TPSA) is 82.1 Å². The van der Waals surface area contributed by atoms with E-state index in [4.69, 9.17) is 14.2 Å². The van der Waals surface area contributed by atoms with Crippen molar-refractivity contribution in [1.29, 1.82) is 0 Å². The Hall–Kier alpha value is -2.41. The van der Waals surface area contributed by atoms with E-state index in [1.807, 2.05) is 0 Å². The van der Waals surface area contributed by atoms with Gasteiger partial charge in [0.15, 0.2) is 0 Å². The SMILES string of the molecule is CCOC(=O)C(CCC1(CCN2CCC(c3ccc(C)cc3)CC2)CCCCC1)(C(=O)OCC)C(=O)OCC. The van der Waals surface area contributed by atoms with Gasteiger partial charge in [0.1, 0.15) is 0 Å². The molecule has 0 bridgehead atoms. The molecule has 1 aliphatic carbocycles. The Bertz CT molecular complexity index is 883. The van der Waals surface area contributed by atoms with Crippen LogP contribution in [0.5, 0.6) is 0 Å². The molecule has 0 radical (unpaired) electrons. The third kappa shape index (κ3) is 7.84. The van der Waals surface area contributed by atoms with E-state index in [9.17, 15) is 14.4 Å². The zero-order valence-corrected chi connectivity index (χ0v) is 24.6. The van der Waals surface area contributed by atoms with Crippen molar-refractivity contribution in [3.05, 3.63) is 35.4 Å². The highest BCUT2D eigenvalue weighted by Gasteiger charge is 2.58. The Labute approximate surface area is 234 Å². The van der Waals surface area contributed by atoms with Crippen LogP contribution in [0.1, 0.15) is 102 Å². The number of esters is 3. The average Bonchev–Trinajstić information content (AvgIpc) is 2.94. The van der Waals surface area contributed by atoms with Crippen molar-refractivity contribution >= 4 is 17.9 Å². The first kappa shape index (κ1) is 31.1. The Morgan fingerprint density at radius 2 is 1.33 bits per heavy atom. The second-order valence-electron chi connectivity index (χ2n) is 11.4. The van der Waals surface area contributed by atoms with Gasteiger partial charge in [-0.25, -0.2) is 0 Å². The summed E-state index contributed by atoms with van der Waals surface area (Å²) in [4.78, 5) is 42.2. The van der Waals surface area contributed by atoms with Gasteiger partial charge in [-0.15, -0.1) is 0 Å². The molecule has 1 aliphatic heterocycles. The average molecular weight is 544 g/mol. The summed E-state index contributed by atoms with van der Waals surface area (Å²) >= 11 is 0. The quantitative estimate of drug-likeness (QED) is 0.172. The summed E-state index contributed by atoms with van der Waals surface area (Å²) in [5, 5.41) is 0. The fraction of sp³-hybridized carbons (Fsp3) is 0.719. The molecule has 3 rings (SSSR count). The van der Waals surface area contributed by atoms with E-state index in [1.54, 1.807) is 20.8 Å². The predicted molar refractivity (Wildman–Crippen MR) is 151 cm³/mol. The van der Waals surface area contributed by atoms with E-state index >= 15 is 0 Å². The van der Waals surface area contributed by atoms with Gasteiger partial charge in [-0.1, -0.05) is 49.1 Å². The molecule has 0 N–H and O–H groups in total. The number of ether oxygens (including phenoxy) is 3. The van der Waals surface area contributed by atoms with E-state index < -0.39 is 23.3 Å². The van der Waals surface area contributed by atoms with Crippen molar-refractivity contribution < 1.29 is 28.6 Å². The highest BCUT2D eigenvalue weighted by molar-refractivity contribution is 6.17. The molecule has 1 saturated heterocycles. The first-order valence-electron chi connectivity index (χ1n) is 15.1. The molecule has 218 valence electrons. The summed E-state index contributed by atoms with van der Waals surface area (Å²) in [6, 6.07) is 8.96. The van der Waals surface area contributed by atoms with Gasteiger partial charge >= 0.3 is 17.9 Å². The highest BCUT2D eigenvalue weighted by atomic mass is 16.6. The van der Waals surface area contributed by atoms with Crippen LogP contribution in [0.25, 0.3) is 0 Å². The Morgan fingerprint density at radius 3 is 1.82 bits per heavy atom. The predicted octanol–water partition coefficient (Wildman–Crippen LogP) is 5.97. The summed E-state index contributed by atoms with van der Waals surface area (Å²) in [7, 11) is 0. The maximum Gasteiger partial charge on any atom is 0.335 e. The molecular formula is C32H49NO6. The van der Waals surface area contributed by atoms with Gasteiger partial charge in [0, 0.05) is 0 Å². The van der Waals surface area contributed by atoms with Gasteiger partial charge in [0.05, 0.1) is 19.8 Å². The van der Waals surface area contributed by atoms with E-state index in [0.29, 0.717) is 12.3 Å². The summed E-state index contributed by atoms with van der Waals surface area (Å²) in [6.07, 6.45) is 9.48. The summed E-state index contributed by atoms with van der Waals surface area (Å²) in [6.45, 7) is 10.5. The molecule has 7 nitrogen and oxygen atoms in total. The standard InChI is InChI=1S/C32H49NO6/c1-5-37-28(34)32(29(35)38-6-2,30(36)39-7-3)20-19-31(17-9-8-10-18-31)21-24-33-22-15-27(16-23-33)26-13-11-25(4)12-14-26/h11-14,27H,5-10,15-24H2,1-4H3. The van der Waals surface area contributed by atoms with Crippen LogP contribution in [0.4, 0.5) is 0 Å². The smallest absolute Gasteiger partial charge is 0.335 e. The van der Waals surface area contributed by atoms with Crippen LogP contribution >= 0.6 is 0 Å². The molecule has 1 aromatic carbocycles. The molecule has 0 amide bonds. The summed E-state index contributed by atoms with van der Waals surface area (Å²) < 4.78 is 15.8. The van der Waals surface area contributed by atoms with Crippen LogP contribution in [-0.4, -0.2) is 62.3 Å². The van der Waals surface area contributed by atoms with E-state index in [1.165, 1.54) is 17.5 Å². The molecule has 0 unspecified atom stereocenters. The van der Waals surface area contributed by atoms with E-state index in [2.05, 4.69) is 36.1 Å². The lowest BCUT2D eigenvalue weighted by atomic mass is 9.66. The lowest BCUT2D eigenvalue weighted by Gasteiger charge is -2.41. The van der Waals surface area contributed by atoms with Gasteiger partial charge in [-0.2, -0.15) is 0 Å². The molecule has 1 saturated carbocycles. The third-order valence-electron chi connectivity index (χ3n) is 8.91. The minimum atomic E-state index is -2.07. The zero-order chi connectivity index (χ0) is 28.3. The van der Waals surface area contributed by atoms with Gasteiger partial charge < -0.3 is 19.1 Å². The van der Waals surface area contributed by atoms with Crippen molar-refractivity contribution in [2.24, 2.45) is 10.8 Å². The maximum atomic E-state index is 13.2. The van der Waals surface area contributed by atoms with Gasteiger partial charge in [0.2, 0.25) is 0 Å². The summed E-state index contributed by atoms with van der Waals surface area (Å²) in [5.41, 5.74) is 0.644. The molecule has 2 aliphatic rings. The van der Waals surface area contributed by atoms with Gasteiger partial charge in [0.25, 0.3) is 5.41 Å². The second-order valence-corrected chi connectivity index (χ2v) is 11.4. The van der Waals surface area contributed by atoms with Crippen molar-refractivity contribution in [3.8, 4) is 0 Å². The maximum absolute atomic E-state index is 13.2. The lowest BCUT2D eigenvalue weighted by Crippen LogP contribution is -2.50. The van der Waals surface area contributed by atoms with Crippen molar-refractivity contribution in [2.75, 3.05) is 39.5 Å². The third-order valence-corrected chi connectivity index (χ3v) is 8.91. The number of nitrogens with zero attached hydrogens (tertiary/aromatic N) is 1. The molecular weight excluding hydrogens is 494 g/mol. The molecule has 2 fully saturated rings. The largest absolute Gasteiger partial charge is 0.465 e. The van der Waals surface area contributed by atoms with Crippen molar-refractivity contribution in [2.45, 2.75) is 97.8 Å². The monoisotopic (exact) mass is 543 g/mol. The fourth-order valence-electron chi connectivity index (χ4n) is 6.42. The molecule has 1 heterocycles. The van der Waals surface area contributed by atoms with Gasteiger partial charge in [-0.05, 0) is 109 Å². The molecule has 7 heteroatoms.